The van der Waals surface area contributed by atoms with Gasteiger partial charge >= 0.3 is 0 Å². The topological polar surface area (TPSA) is 75.2 Å². The highest BCUT2D eigenvalue weighted by Gasteiger charge is 2.25. The van der Waals surface area contributed by atoms with E-state index >= 15 is 0 Å². The van der Waals surface area contributed by atoms with Crippen LogP contribution in [0.3, 0.4) is 0 Å². The standard InChI is InChI=1S/C15H17FN4O2S2/c1-8-12(24-15(17-8)18-9(2)21)11-7-23-13(19-11)14(22)20-5-3-10(16)4-6-20/h7,10H,3-6H2,1-2H3,(H,17,18,21). The zero-order valence-corrected chi connectivity index (χ0v) is 15.0. The summed E-state index contributed by atoms with van der Waals surface area (Å²) in [6.45, 7) is 4.13. The zero-order valence-electron chi connectivity index (χ0n) is 13.3. The summed E-state index contributed by atoms with van der Waals surface area (Å²) >= 11 is 2.60. The smallest absolute Gasteiger partial charge is 0.282 e. The minimum Gasteiger partial charge on any atom is -0.336 e. The summed E-state index contributed by atoms with van der Waals surface area (Å²) in [6, 6.07) is 0. The van der Waals surface area contributed by atoms with E-state index in [1.54, 1.807) is 4.90 Å². The van der Waals surface area contributed by atoms with Crippen molar-refractivity contribution in [2.45, 2.75) is 32.9 Å². The number of anilines is 1. The molecule has 0 unspecified atom stereocenters. The van der Waals surface area contributed by atoms with Gasteiger partial charge in [0.2, 0.25) is 5.91 Å². The van der Waals surface area contributed by atoms with Gasteiger partial charge in [-0.3, -0.25) is 9.59 Å². The predicted octanol–water partition coefficient (Wildman–Crippen LogP) is 3.11. The van der Waals surface area contributed by atoms with Crippen LogP contribution in [0.4, 0.5) is 9.52 Å². The molecule has 1 fully saturated rings. The fourth-order valence-corrected chi connectivity index (χ4v) is 4.32. The van der Waals surface area contributed by atoms with E-state index in [4.69, 9.17) is 0 Å². The van der Waals surface area contributed by atoms with Crippen molar-refractivity contribution >= 4 is 39.6 Å². The molecule has 2 amide bonds. The Morgan fingerprint density at radius 3 is 2.71 bits per heavy atom. The van der Waals surface area contributed by atoms with Crippen molar-refractivity contribution in [2.24, 2.45) is 0 Å². The highest BCUT2D eigenvalue weighted by atomic mass is 32.1. The molecule has 1 aliphatic heterocycles. The number of alkyl halides is 1. The Morgan fingerprint density at radius 2 is 2.04 bits per heavy atom. The van der Waals surface area contributed by atoms with Crippen molar-refractivity contribution < 1.29 is 14.0 Å². The molecule has 2 aromatic heterocycles. The molecule has 0 bridgehead atoms. The molecule has 3 rings (SSSR count). The zero-order chi connectivity index (χ0) is 17.3. The number of halogens is 1. The maximum atomic E-state index is 13.2. The van der Waals surface area contributed by atoms with E-state index in [1.807, 2.05) is 12.3 Å². The third kappa shape index (κ3) is 3.62. The molecule has 0 spiro atoms. The molecule has 0 aliphatic carbocycles. The lowest BCUT2D eigenvalue weighted by Gasteiger charge is -2.27. The Morgan fingerprint density at radius 1 is 1.33 bits per heavy atom. The van der Waals surface area contributed by atoms with Crippen molar-refractivity contribution in [2.75, 3.05) is 18.4 Å². The summed E-state index contributed by atoms with van der Waals surface area (Å²) < 4.78 is 13.2. The van der Waals surface area contributed by atoms with Gasteiger partial charge in [-0.25, -0.2) is 14.4 Å². The molecule has 0 atom stereocenters. The van der Waals surface area contributed by atoms with Crippen molar-refractivity contribution in [1.29, 1.82) is 0 Å². The van der Waals surface area contributed by atoms with Crippen LogP contribution >= 0.6 is 22.7 Å². The number of piperidine rings is 1. The molecular weight excluding hydrogens is 351 g/mol. The quantitative estimate of drug-likeness (QED) is 0.903. The van der Waals surface area contributed by atoms with Gasteiger partial charge in [0.1, 0.15) is 6.17 Å². The number of carbonyl (C=O) groups is 2. The molecule has 0 aromatic carbocycles. The van der Waals surface area contributed by atoms with Gasteiger partial charge < -0.3 is 10.2 Å². The van der Waals surface area contributed by atoms with Crippen molar-refractivity contribution in [3.05, 3.63) is 16.1 Å². The SMILES string of the molecule is CC(=O)Nc1nc(C)c(-c2csc(C(=O)N3CCC(F)CC3)n2)s1. The average molecular weight is 368 g/mol. The average Bonchev–Trinajstić information content (AvgIpc) is 3.13. The van der Waals surface area contributed by atoms with Crippen LogP contribution in [-0.2, 0) is 4.79 Å². The van der Waals surface area contributed by atoms with E-state index in [2.05, 4.69) is 15.3 Å². The van der Waals surface area contributed by atoms with E-state index in [0.29, 0.717) is 41.8 Å². The van der Waals surface area contributed by atoms with Crippen molar-refractivity contribution in [3.63, 3.8) is 0 Å². The first-order valence-corrected chi connectivity index (χ1v) is 9.28. The Labute approximate surface area is 146 Å². The molecule has 0 radical (unpaired) electrons. The van der Waals surface area contributed by atoms with Crippen LogP contribution in [0.15, 0.2) is 5.38 Å². The van der Waals surface area contributed by atoms with Gasteiger partial charge in [-0.05, 0) is 19.8 Å². The van der Waals surface area contributed by atoms with Crippen LogP contribution in [0, 0.1) is 6.92 Å². The summed E-state index contributed by atoms with van der Waals surface area (Å²) in [7, 11) is 0. The number of amides is 2. The summed E-state index contributed by atoms with van der Waals surface area (Å²) in [4.78, 5) is 34.8. The molecule has 24 heavy (non-hydrogen) atoms. The Bertz CT molecular complexity index is 765. The largest absolute Gasteiger partial charge is 0.336 e. The fraction of sp³-hybridized carbons (Fsp3) is 0.467. The lowest BCUT2D eigenvalue weighted by molar-refractivity contribution is -0.114. The molecule has 128 valence electrons. The molecule has 9 heteroatoms. The summed E-state index contributed by atoms with van der Waals surface area (Å²) in [5, 5.41) is 5.38. The number of rotatable bonds is 3. The van der Waals surface area contributed by atoms with Gasteiger partial charge in [0.15, 0.2) is 10.1 Å². The second kappa shape index (κ2) is 6.94. The van der Waals surface area contributed by atoms with Crippen LogP contribution in [0.5, 0.6) is 0 Å². The van der Waals surface area contributed by atoms with Gasteiger partial charge in [-0.2, -0.15) is 0 Å². The first kappa shape index (κ1) is 17.0. The number of aryl methyl sites for hydroxylation is 1. The highest BCUT2D eigenvalue weighted by molar-refractivity contribution is 7.19. The van der Waals surface area contributed by atoms with Crippen molar-refractivity contribution in [1.82, 2.24) is 14.9 Å². The number of nitrogens with zero attached hydrogens (tertiary/aromatic N) is 3. The molecular formula is C15H17FN4O2S2. The highest BCUT2D eigenvalue weighted by Crippen LogP contribution is 2.33. The van der Waals surface area contributed by atoms with E-state index < -0.39 is 6.17 Å². The third-order valence-corrected chi connectivity index (χ3v) is 5.64. The maximum absolute atomic E-state index is 13.2. The predicted molar refractivity (Wildman–Crippen MR) is 92.3 cm³/mol. The number of aromatic nitrogens is 2. The summed E-state index contributed by atoms with van der Waals surface area (Å²) in [5.41, 5.74) is 1.43. The number of likely N-dealkylation sites (tertiary alicyclic amines) is 1. The van der Waals surface area contributed by atoms with E-state index in [1.165, 1.54) is 29.6 Å². The molecule has 1 aliphatic rings. The molecule has 6 nitrogen and oxygen atoms in total. The lowest BCUT2D eigenvalue weighted by atomic mass is 10.1. The van der Waals surface area contributed by atoms with Crippen LogP contribution in [0.25, 0.3) is 10.6 Å². The van der Waals surface area contributed by atoms with E-state index in [-0.39, 0.29) is 11.8 Å². The minimum atomic E-state index is -0.812. The fourth-order valence-electron chi connectivity index (χ4n) is 2.50. The van der Waals surface area contributed by atoms with Gasteiger partial charge in [0.25, 0.3) is 5.91 Å². The Hall–Kier alpha value is -1.87. The first-order valence-electron chi connectivity index (χ1n) is 7.58. The van der Waals surface area contributed by atoms with Crippen LogP contribution in [0.2, 0.25) is 0 Å². The Balaban J connectivity index is 1.77. The molecule has 1 saturated heterocycles. The van der Waals surface area contributed by atoms with Gasteiger partial charge in [0, 0.05) is 25.4 Å². The van der Waals surface area contributed by atoms with Gasteiger partial charge in [-0.1, -0.05) is 11.3 Å². The number of carbonyl (C=O) groups excluding carboxylic acids is 2. The number of thiazole rings is 2. The first-order chi connectivity index (χ1) is 11.4. The number of hydrogen-bond acceptors (Lipinski definition) is 6. The van der Waals surface area contributed by atoms with Gasteiger partial charge in [0.05, 0.1) is 16.3 Å². The van der Waals surface area contributed by atoms with Crippen LogP contribution in [-0.4, -0.2) is 45.9 Å². The van der Waals surface area contributed by atoms with Gasteiger partial charge in [-0.15, -0.1) is 11.3 Å². The third-order valence-electron chi connectivity index (χ3n) is 3.71. The second-order valence-electron chi connectivity index (χ2n) is 5.62. The van der Waals surface area contributed by atoms with E-state index in [9.17, 15) is 14.0 Å². The normalized spacial score (nSPS) is 15.5. The summed E-state index contributed by atoms with van der Waals surface area (Å²) in [5.74, 6) is -0.330. The maximum Gasteiger partial charge on any atom is 0.282 e. The molecule has 0 saturated carbocycles. The molecule has 1 N–H and O–H groups in total. The van der Waals surface area contributed by atoms with Crippen LogP contribution < -0.4 is 5.32 Å². The van der Waals surface area contributed by atoms with E-state index in [0.717, 1.165) is 10.6 Å². The lowest BCUT2D eigenvalue weighted by Crippen LogP contribution is -2.38. The second-order valence-corrected chi connectivity index (χ2v) is 7.48. The number of nitrogens with one attached hydrogen (secondary N) is 1. The van der Waals surface area contributed by atoms with Crippen molar-refractivity contribution in [3.8, 4) is 10.6 Å². The van der Waals surface area contributed by atoms with Crippen LogP contribution in [0.1, 0.15) is 35.3 Å². The minimum absolute atomic E-state index is 0.151. The Kier molecular flexibility index (Phi) is 4.91. The molecule has 2 aromatic rings. The number of hydrogen-bond donors (Lipinski definition) is 1. The summed E-state index contributed by atoms with van der Waals surface area (Å²) in [6.07, 6.45) is -0.0383. The molecule has 3 heterocycles. The monoisotopic (exact) mass is 368 g/mol.